The predicted molar refractivity (Wildman–Crippen MR) is 54.9 cm³/mol. The SMILES string of the molecule is c1ccc2nc3scnc3cc2c1. The van der Waals surface area contributed by atoms with Gasteiger partial charge in [-0.05, 0) is 12.1 Å². The first kappa shape index (κ1) is 6.97. The average molecular weight is 186 g/mol. The molecule has 0 atom stereocenters. The first-order valence-corrected chi connectivity index (χ1v) is 4.90. The van der Waals surface area contributed by atoms with Crippen molar-refractivity contribution in [2.24, 2.45) is 0 Å². The molecule has 0 unspecified atom stereocenters. The third-order valence-corrected chi connectivity index (χ3v) is 2.76. The summed E-state index contributed by atoms with van der Waals surface area (Å²) in [6.07, 6.45) is 0. The van der Waals surface area contributed by atoms with Crippen LogP contribution < -0.4 is 0 Å². The number of hydrogen-bond acceptors (Lipinski definition) is 3. The fourth-order valence-corrected chi connectivity index (χ4v) is 2.05. The van der Waals surface area contributed by atoms with Crippen LogP contribution in [-0.2, 0) is 0 Å². The highest BCUT2D eigenvalue weighted by Crippen LogP contribution is 2.20. The van der Waals surface area contributed by atoms with Crippen LogP contribution in [0.5, 0.6) is 0 Å². The molecular formula is C10H6N2S. The number of thiazole rings is 1. The van der Waals surface area contributed by atoms with Crippen LogP contribution in [0.25, 0.3) is 21.3 Å². The van der Waals surface area contributed by atoms with E-state index in [9.17, 15) is 0 Å². The zero-order chi connectivity index (χ0) is 8.67. The minimum Gasteiger partial charge on any atom is -0.243 e. The lowest BCUT2D eigenvalue weighted by atomic mass is 10.2. The van der Waals surface area contributed by atoms with Gasteiger partial charge in [-0.1, -0.05) is 18.2 Å². The molecule has 3 aromatic rings. The van der Waals surface area contributed by atoms with E-state index in [1.54, 1.807) is 11.3 Å². The Balaban J connectivity index is 2.57. The molecule has 3 rings (SSSR count). The van der Waals surface area contributed by atoms with Crippen molar-refractivity contribution in [2.45, 2.75) is 0 Å². The smallest absolute Gasteiger partial charge is 0.143 e. The third-order valence-electron chi connectivity index (χ3n) is 2.03. The van der Waals surface area contributed by atoms with E-state index in [2.05, 4.69) is 22.1 Å². The van der Waals surface area contributed by atoms with Crippen LogP contribution in [-0.4, -0.2) is 9.97 Å². The van der Waals surface area contributed by atoms with E-state index in [1.807, 2.05) is 23.7 Å². The standard InChI is InChI=1S/C10H6N2S/c1-2-4-8-7(3-1)5-9-10(12-8)13-6-11-9/h1-6H. The summed E-state index contributed by atoms with van der Waals surface area (Å²) in [5.74, 6) is 0. The quantitative estimate of drug-likeness (QED) is 0.539. The van der Waals surface area contributed by atoms with Gasteiger partial charge in [-0.25, -0.2) is 9.97 Å². The van der Waals surface area contributed by atoms with Crippen molar-refractivity contribution in [1.82, 2.24) is 9.97 Å². The van der Waals surface area contributed by atoms with Gasteiger partial charge in [0.25, 0.3) is 0 Å². The van der Waals surface area contributed by atoms with E-state index in [-0.39, 0.29) is 0 Å². The Kier molecular flexibility index (Phi) is 1.34. The van der Waals surface area contributed by atoms with Gasteiger partial charge in [0.15, 0.2) is 0 Å². The zero-order valence-electron chi connectivity index (χ0n) is 6.77. The first-order chi connectivity index (χ1) is 6.43. The molecule has 2 heterocycles. The molecule has 62 valence electrons. The lowest BCUT2D eigenvalue weighted by molar-refractivity contribution is 1.47. The summed E-state index contributed by atoms with van der Waals surface area (Å²) in [6.45, 7) is 0. The van der Waals surface area contributed by atoms with Crippen LogP contribution >= 0.6 is 11.3 Å². The van der Waals surface area contributed by atoms with E-state index in [4.69, 9.17) is 0 Å². The van der Waals surface area contributed by atoms with Crippen molar-refractivity contribution in [3.63, 3.8) is 0 Å². The van der Waals surface area contributed by atoms with E-state index in [0.717, 1.165) is 21.3 Å². The Bertz CT molecular complexity index is 521. The minimum atomic E-state index is 0.990. The lowest BCUT2D eigenvalue weighted by Crippen LogP contribution is -1.77. The fourth-order valence-electron chi connectivity index (χ4n) is 1.40. The number of hydrogen-bond donors (Lipinski definition) is 0. The minimum absolute atomic E-state index is 0.990. The second kappa shape index (κ2) is 2.50. The Hall–Kier alpha value is -1.48. The molecule has 0 bridgehead atoms. The van der Waals surface area contributed by atoms with Crippen LogP contribution in [0.1, 0.15) is 0 Å². The van der Waals surface area contributed by atoms with Gasteiger partial charge in [-0.3, -0.25) is 0 Å². The van der Waals surface area contributed by atoms with Crippen LogP contribution in [0.15, 0.2) is 35.8 Å². The number of pyridine rings is 1. The number of nitrogens with zero attached hydrogens (tertiary/aromatic N) is 2. The Labute approximate surface area is 78.9 Å². The molecular weight excluding hydrogens is 180 g/mol. The Morgan fingerprint density at radius 1 is 1.08 bits per heavy atom. The molecule has 0 aliphatic carbocycles. The van der Waals surface area contributed by atoms with Crippen molar-refractivity contribution < 1.29 is 0 Å². The molecule has 2 nitrogen and oxygen atoms in total. The normalized spacial score (nSPS) is 11.1. The Morgan fingerprint density at radius 3 is 3.00 bits per heavy atom. The Morgan fingerprint density at radius 2 is 2.00 bits per heavy atom. The van der Waals surface area contributed by atoms with Gasteiger partial charge in [-0.15, -0.1) is 11.3 Å². The highest BCUT2D eigenvalue weighted by Gasteiger charge is 1.99. The summed E-state index contributed by atoms with van der Waals surface area (Å²) < 4.78 is 0. The first-order valence-electron chi connectivity index (χ1n) is 4.02. The van der Waals surface area contributed by atoms with Gasteiger partial charge in [0.2, 0.25) is 0 Å². The molecule has 0 spiro atoms. The molecule has 0 saturated heterocycles. The van der Waals surface area contributed by atoms with Gasteiger partial charge < -0.3 is 0 Å². The van der Waals surface area contributed by atoms with Gasteiger partial charge in [0.05, 0.1) is 11.0 Å². The summed E-state index contributed by atoms with van der Waals surface area (Å²) in [5, 5.41) is 1.15. The maximum Gasteiger partial charge on any atom is 0.143 e. The molecule has 0 amide bonds. The van der Waals surface area contributed by atoms with Gasteiger partial charge >= 0.3 is 0 Å². The summed E-state index contributed by atoms with van der Waals surface area (Å²) in [6, 6.07) is 10.2. The summed E-state index contributed by atoms with van der Waals surface area (Å²) in [7, 11) is 0. The summed E-state index contributed by atoms with van der Waals surface area (Å²) >= 11 is 1.58. The van der Waals surface area contributed by atoms with Crippen LogP contribution in [0.4, 0.5) is 0 Å². The second-order valence-electron chi connectivity index (χ2n) is 2.86. The maximum atomic E-state index is 4.49. The molecule has 2 aromatic heterocycles. The van der Waals surface area contributed by atoms with Gasteiger partial charge in [0, 0.05) is 5.39 Å². The van der Waals surface area contributed by atoms with Crippen molar-refractivity contribution in [2.75, 3.05) is 0 Å². The van der Waals surface area contributed by atoms with Gasteiger partial charge in [0.1, 0.15) is 10.3 Å². The molecule has 0 saturated carbocycles. The molecule has 3 heteroatoms. The largest absolute Gasteiger partial charge is 0.243 e. The van der Waals surface area contributed by atoms with Crippen molar-refractivity contribution in [1.29, 1.82) is 0 Å². The molecule has 1 aromatic carbocycles. The highest BCUT2D eigenvalue weighted by molar-refractivity contribution is 7.16. The average Bonchev–Trinajstić information content (AvgIpc) is 2.61. The van der Waals surface area contributed by atoms with Crippen molar-refractivity contribution >= 4 is 32.6 Å². The summed E-state index contributed by atoms with van der Waals surface area (Å²) in [5.41, 5.74) is 3.86. The molecule has 13 heavy (non-hydrogen) atoms. The number of para-hydroxylation sites is 1. The molecule has 0 fully saturated rings. The van der Waals surface area contributed by atoms with E-state index in [1.165, 1.54) is 0 Å². The molecule has 0 aliphatic heterocycles. The van der Waals surface area contributed by atoms with Crippen molar-refractivity contribution in [3.8, 4) is 0 Å². The van der Waals surface area contributed by atoms with E-state index < -0.39 is 0 Å². The molecule has 0 aliphatic rings. The zero-order valence-corrected chi connectivity index (χ0v) is 7.58. The van der Waals surface area contributed by atoms with E-state index in [0.29, 0.717) is 0 Å². The van der Waals surface area contributed by atoms with Crippen molar-refractivity contribution in [3.05, 3.63) is 35.8 Å². The second-order valence-corrected chi connectivity index (χ2v) is 3.69. The van der Waals surface area contributed by atoms with Gasteiger partial charge in [-0.2, -0.15) is 0 Å². The number of rotatable bonds is 0. The molecule has 0 radical (unpaired) electrons. The monoisotopic (exact) mass is 186 g/mol. The third kappa shape index (κ3) is 1.01. The van der Waals surface area contributed by atoms with Crippen LogP contribution in [0.2, 0.25) is 0 Å². The lowest BCUT2D eigenvalue weighted by Gasteiger charge is -1.94. The van der Waals surface area contributed by atoms with E-state index >= 15 is 0 Å². The highest BCUT2D eigenvalue weighted by atomic mass is 32.1. The maximum absolute atomic E-state index is 4.49. The summed E-state index contributed by atoms with van der Waals surface area (Å²) in [4.78, 5) is 9.73. The molecule has 0 N–H and O–H groups in total. The van der Waals surface area contributed by atoms with Crippen LogP contribution in [0.3, 0.4) is 0 Å². The van der Waals surface area contributed by atoms with Crippen LogP contribution in [0, 0.1) is 0 Å². The topological polar surface area (TPSA) is 25.8 Å². The number of benzene rings is 1. The predicted octanol–water partition coefficient (Wildman–Crippen LogP) is 2.84. The number of fused-ring (bicyclic) bond motifs is 2. The fraction of sp³-hybridized carbons (Fsp3) is 0. The number of aromatic nitrogens is 2.